The van der Waals surface area contributed by atoms with Gasteiger partial charge in [-0.25, -0.2) is 0 Å². The molecule has 0 atom stereocenters. The van der Waals surface area contributed by atoms with E-state index in [1.165, 1.54) is 25.7 Å². The summed E-state index contributed by atoms with van der Waals surface area (Å²) in [5, 5.41) is 12.7. The van der Waals surface area contributed by atoms with Crippen LogP contribution in [0.2, 0.25) is 0 Å². The molecule has 0 amide bonds. The second-order valence-electron chi connectivity index (χ2n) is 4.23. The summed E-state index contributed by atoms with van der Waals surface area (Å²) in [5.74, 6) is 0.0379. The minimum absolute atomic E-state index is 0.0379. The second-order valence-corrected chi connectivity index (χ2v) is 4.23. The number of hydrogen-bond acceptors (Lipinski definition) is 3. The lowest BCUT2D eigenvalue weighted by atomic mass is 10.1. The van der Waals surface area contributed by atoms with Crippen LogP contribution in [-0.4, -0.2) is 17.9 Å². The molecule has 2 N–H and O–H groups in total. The summed E-state index contributed by atoms with van der Waals surface area (Å²) in [6.45, 7) is 3.11. The highest BCUT2D eigenvalue weighted by molar-refractivity contribution is 5.80. The maximum atomic E-state index is 10.5. The molecule has 0 saturated heterocycles. The van der Waals surface area contributed by atoms with Crippen molar-refractivity contribution in [3.05, 3.63) is 23.8 Å². The molecule has 0 unspecified atom stereocenters. The fourth-order valence-electron chi connectivity index (χ4n) is 1.71. The van der Waals surface area contributed by atoms with Gasteiger partial charge in [-0.05, 0) is 18.6 Å². The van der Waals surface area contributed by atoms with Gasteiger partial charge in [-0.15, -0.1) is 0 Å². The first kappa shape index (κ1) is 13.6. The molecule has 3 heteroatoms. The Morgan fingerprint density at radius 3 is 2.65 bits per heavy atom. The Balaban J connectivity index is 2.27. The van der Waals surface area contributed by atoms with Crippen molar-refractivity contribution in [2.75, 3.05) is 11.9 Å². The zero-order valence-corrected chi connectivity index (χ0v) is 10.4. The van der Waals surface area contributed by atoms with E-state index in [-0.39, 0.29) is 5.75 Å². The lowest BCUT2D eigenvalue weighted by molar-refractivity contribution is 0.112. The number of hydrogen-bond donors (Lipinski definition) is 2. The molecule has 0 aromatic heterocycles. The third-order valence-corrected chi connectivity index (χ3v) is 2.77. The van der Waals surface area contributed by atoms with Crippen LogP contribution in [0.4, 0.5) is 5.69 Å². The van der Waals surface area contributed by atoms with Gasteiger partial charge < -0.3 is 10.4 Å². The van der Waals surface area contributed by atoms with Crippen LogP contribution in [0.5, 0.6) is 5.75 Å². The first-order chi connectivity index (χ1) is 8.27. The minimum atomic E-state index is 0.0379. The van der Waals surface area contributed by atoms with Gasteiger partial charge in [0.25, 0.3) is 0 Å². The Hall–Kier alpha value is -1.51. The lowest BCUT2D eigenvalue weighted by Gasteiger charge is -2.07. The third-order valence-electron chi connectivity index (χ3n) is 2.77. The first-order valence-corrected chi connectivity index (χ1v) is 6.30. The molecule has 0 bridgehead atoms. The lowest BCUT2D eigenvalue weighted by Crippen LogP contribution is -2.01. The fourth-order valence-corrected chi connectivity index (χ4v) is 1.71. The van der Waals surface area contributed by atoms with E-state index in [9.17, 15) is 9.90 Å². The molecule has 0 saturated carbocycles. The molecule has 0 heterocycles. The van der Waals surface area contributed by atoms with Crippen LogP contribution in [0.25, 0.3) is 0 Å². The minimum Gasteiger partial charge on any atom is -0.507 e. The van der Waals surface area contributed by atoms with Crippen LogP contribution >= 0.6 is 0 Å². The highest BCUT2D eigenvalue weighted by Gasteiger charge is 2.00. The number of nitrogens with one attached hydrogen (secondary N) is 1. The number of rotatable bonds is 8. The maximum Gasteiger partial charge on any atom is 0.153 e. The van der Waals surface area contributed by atoms with Crippen LogP contribution < -0.4 is 5.32 Å². The Morgan fingerprint density at radius 2 is 2.00 bits per heavy atom. The normalized spacial score (nSPS) is 10.2. The van der Waals surface area contributed by atoms with Gasteiger partial charge >= 0.3 is 0 Å². The third kappa shape index (κ3) is 4.89. The van der Waals surface area contributed by atoms with Gasteiger partial charge in [-0.2, -0.15) is 0 Å². The van der Waals surface area contributed by atoms with Crippen molar-refractivity contribution in [3.8, 4) is 5.75 Å². The van der Waals surface area contributed by atoms with Crippen molar-refractivity contribution < 1.29 is 9.90 Å². The number of unbranched alkanes of at least 4 members (excludes halogenated alkanes) is 4. The molecule has 1 aromatic carbocycles. The van der Waals surface area contributed by atoms with E-state index in [4.69, 9.17) is 0 Å². The monoisotopic (exact) mass is 235 g/mol. The summed E-state index contributed by atoms with van der Waals surface area (Å²) in [7, 11) is 0. The zero-order chi connectivity index (χ0) is 12.5. The summed E-state index contributed by atoms with van der Waals surface area (Å²) in [6, 6.07) is 5.03. The predicted octanol–water partition coefficient (Wildman–Crippen LogP) is 3.59. The molecule has 94 valence electrons. The van der Waals surface area contributed by atoms with E-state index in [0.29, 0.717) is 11.8 Å². The van der Waals surface area contributed by atoms with Gasteiger partial charge in [0.1, 0.15) is 5.75 Å². The average molecular weight is 235 g/mol. The van der Waals surface area contributed by atoms with Crippen LogP contribution in [-0.2, 0) is 0 Å². The van der Waals surface area contributed by atoms with Crippen LogP contribution in [0, 0.1) is 0 Å². The molecule has 0 fully saturated rings. The number of phenols is 1. The van der Waals surface area contributed by atoms with E-state index in [2.05, 4.69) is 12.2 Å². The van der Waals surface area contributed by atoms with Crippen LogP contribution in [0.1, 0.15) is 49.4 Å². The van der Waals surface area contributed by atoms with Gasteiger partial charge in [0, 0.05) is 18.3 Å². The Labute approximate surface area is 103 Å². The number of carbonyl (C=O) groups excluding carboxylic acids is 1. The van der Waals surface area contributed by atoms with Gasteiger partial charge in [0.15, 0.2) is 6.29 Å². The largest absolute Gasteiger partial charge is 0.507 e. The standard InChI is InChI=1S/C14H21NO2/c1-2-3-4-5-6-9-15-13-8-7-12(11-16)14(17)10-13/h7-8,10-11,15,17H,2-6,9H2,1H3. The predicted molar refractivity (Wildman–Crippen MR) is 70.7 cm³/mol. The molecule has 0 spiro atoms. The molecular formula is C14H21NO2. The number of phenolic OH excluding ortho intramolecular Hbond substituents is 1. The maximum absolute atomic E-state index is 10.5. The van der Waals surface area contributed by atoms with Crippen molar-refractivity contribution in [1.29, 1.82) is 0 Å². The molecule has 0 aliphatic carbocycles. The summed E-state index contributed by atoms with van der Waals surface area (Å²) >= 11 is 0. The zero-order valence-electron chi connectivity index (χ0n) is 10.4. The average Bonchev–Trinajstić information content (AvgIpc) is 2.34. The molecule has 1 rings (SSSR count). The fraction of sp³-hybridized carbons (Fsp3) is 0.500. The highest BCUT2D eigenvalue weighted by atomic mass is 16.3. The quantitative estimate of drug-likeness (QED) is 0.535. The van der Waals surface area contributed by atoms with Crippen molar-refractivity contribution in [2.24, 2.45) is 0 Å². The van der Waals surface area contributed by atoms with Crippen LogP contribution in [0.15, 0.2) is 18.2 Å². The molecule has 1 aromatic rings. The molecular weight excluding hydrogens is 214 g/mol. The Kier molecular flexibility index (Phi) is 6.15. The molecule has 0 aliphatic heterocycles. The molecule has 17 heavy (non-hydrogen) atoms. The summed E-state index contributed by atoms with van der Waals surface area (Å²) in [4.78, 5) is 10.5. The number of anilines is 1. The summed E-state index contributed by atoms with van der Waals surface area (Å²) < 4.78 is 0. The van der Waals surface area contributed by atoms with Crippen molar-refractivity contribution in [2.45, 2.75) is 39.0 Å². The molecule has 0 aliphatic rings. The van der Waals surface area contributed by atoms with Crippen molar-refractivity contribution >= 4 is 12.0 Å². The van der Waals surface area contributed by atoms with Crippen molar-refractivity contribution in [1.82, 2.24) is 0 Å². The van der Waals surface area contributed by atoms with E-state index in [1.54, 1.807) is 12.1 Å². The highest BCUT2D eigenvalue weighted by Crippen LogP contribution is 2.20. The van der Waals surface area contributed by atoms with Gasteiger partial charge in [-0.1, -0.05) is 32.6 Å². The van der Waals surface area contributed by atoms with Crippen LogP contribution in [0.3, 0.4) is 0 Å². The number of benzene rings is 1. The van der Waals surface area contributed by atoms with Gasteiger partial charge in [0.05, 0.1) is 5.56 Å². The number of carbonyl (C=O) groups is 1. The molecule has 3 nitrogen and oxygen atoms in total. The first-order valence-electron chi connectivity index (χ1n) is 6.30. The molecule has 0 radical (unpaired) electrons. The van der Waals surface area contributed by atoms with E-state index >= 15 is 0 Å². The number of aldehydes is 1. The van der Waals surface area contributed by atoms with Gasteiger partial charge in [0.2, 0.25) is 0 Å². The smallest absolute Gasteiger partial charge is 0.153 e. The Bertz CT molecular complexity index is 350. The second kappa shape index (κ2) is 7.71. The van der Waals surface area contributed by atoms with E-state index in [1.807, 2.05) is 6.07 Å². The SMILES string of the molecule is CCCCCCCNc1ccc(C=O)c(O)c1. The van der Waals surface area contributed by atoms with Gasteiger partial charge in [-0.3, -0.25) is 4.79 Å². The van der Waals surface area contributed by atoms with Crippen molar-refractivity contribution in [3.63, 3.8) is 0 Å². The number of aromatic hydroxyl groups is 1. The summed E-state index contributed by atoms with van der Waals surface area (Å²) in [6.07, 6.45) is 6.87. The summed E-state index contributed by atoms with van der Waals surface area (Å²) in [5.41, 5.74) is 1.20. The van der Waals surface area contributed by atoms with E-state index < -0.39 is 0 Å². The van der Waals surface area contributed by atoms with E-state index in [0.717, 1.165) is 18.7 Å². The topological polar surface area (TPSA) is 49.3 Å². The Morgan fingerprint density at radius 1 is 1.24 bits per heavy atom.